The van der Waals surface area contributed by atoms with Crippen LogP contribution in [-0.2, 0) is 6.42 Å². The highest BCUT2D eigenvalue weighted by molar-refractivity contribution is 5.78. The first-order valence-corrected chi connectivity index (χ1v) is 12.6. The molecule has 2 aliphatic heterocycles. The molecule has 10 heteroatoms. The molecule has 6 rings (SSSR count). The molecule has 0 atom stereocenters. The van der Waals surface area contributed by atoms with Crippen LogP contribution in [0.1, 0.15) is 25.4 Å². The topological polar surface area (TPSA) is 79.5 Å². The number of ether oxygens (including phenoxy) is 1. The molecule has 8 nitrogen and oxygen atoms in total. The van der Waals surface area contributed by atoms with E-state index in [4.69, 9.17) is 9.15 Å². The molecule has 4 aromatic rings. The Kier molecular flexibility index (Phi) is 6.11. The smallest absolute Gasteiger partial charge is 0.228 e. The van der Waals surface area contributed by atoms with Crippen molar-refractivity contribution in [1.29, 1.82) is 0 Å². The van der Waals surface area contributed by atoms with Gasteiger partial charge in [0.2, 0.25) is 5.71 Å². The standard InChI is InChI=1S/C27H28F2N6O2/c1-16(2)35-9-10-36-26-20(28)11-18(12-22(26)35)25-21(29)15-31-23(33-25)14-19-4-3-17-13-24(37-27(17)32-19)34-7-5-30-6-8-34/h3-4,11-13,15-16,30H,5-10,14H2,1-2H3. The van der Waals surface area contributed by atoms with Crippen LogP contribution in [0.4, 0.5) is 20.4 Å². The van der Waals surface area contributed by atoms with Gasteiger partial charge in [-0.15, -0.1) is 0 Å². The Morgan fingerprint density at radius 2 is 1.86 bits per heavy atom. The number of hydrogen-bond donors (Lipinski definition) is 1. The maximum absolute atomic E-state index is 15.0. The molecule has 37 heavy (non-hydrogen) atoms. The Balaban J connectivity index is 1.30. The van der Waals surface area contributed by atoms with Crippen molar-refractivity contribution in [3.8, 4) is 17.0 Å². The molecule has 0 spiro atoms. The maximum atomic E-state index is 15.0. The number of aromatic nitrogens is 3. The van der Waals surface area contributed by atoms with Gasteiger partial charge in [0.25, 0.3) is 0 Å². The zero-order chi connectivity index (χ0) is 25.5. The second kappa shape index (κ2) is 9.59. The third-order valence-electron chi connectivity index (χ3n) is 6.80. The molecule has 0 bridgehead atoms. The van der Waals surface area contributed by atoms with Crippen molar-refractivity contribution in [3.63, 3.8) is 0 Å². The summed E-state index contributed by atoms with van der Waals surface area (Å²) in [6.45, 7) is 8.66. The molecule has 0 saturated carbocycles. The molecular weight excluding hydrogens is 478 g/mol. The van der Waals surface area contributed by atoms with Crippen LogP contribution in [-0.4, -0.2) is 60.3 Å². The van der Waals surface area contributed by atoms with Crippen LogP contribution in [0.15, 0.2) is 40.9 Å². The fourth-order valence-electron chi connectivity index (χ4n) is 4.91. The highest BCUT2D eigenvalue weighted by atomic mass is 19.1. The average Bonchev–Trinajstić information content (AvgIpc) is 3.33. The monoisotopic (exact) mass is 506 g/mol. The number of fused-ring (bicyclic) bond motifs is 2. The Labute approximate surface area is 213 Å². The highest BCUT2D eigenvalue weighted by Gasteiger charge is 2.26. The summed E-state index contributed by atoms with van der Waals surface area (Å²) in [5.74, 6) is 0.214. The molecular formula is C27H28F2N6O2. The molecule has 1 aromatic carbocycles. The van der Waals surface area contributed by atoms with Crippen LogP contribution in [0.25, 0.3) is 22.4 Å². The van der Waals surface area contributed by atoms with Gasteiger partial charge in [0.15, 0.2) is 23.3 Å². The lowest BCUT2D eigenvalue weighted by Crippen LogP contribution is -2.43. The van der Waals surface area contributed by atoms with Gasteiger partial charge in [-0.1, -0.05) is 0 Å². The van der Waals surface area contributed by atoms with Crippen molar-refractivity contribution >= 4 is 22.7 Å². The normalized spacial score (nSPS) is 15.8. The predicted molar refractivity (Wildman–Crippen MR) is 137 cm³/mol. The summed E-state index contributed by atoms with van der Waals surface area (Å²) < 4.78 is 41.4. The summed E-state index contributed by atoms with van der Waals surface area (Å²) in [5.41, 5.74) is 2.21. The van der Waals surface area contributed by atoms with Crippen molar-refractivity contribution in [2.45, 2.75) is 26.3 Å². The van der Waals surface area contributed by atoms with Gasteiger partial charge in [-0.25, -0.2) is 23.7 Å². The van der Waals surface area contributed by atoms with Crippen molar-refractivity contribution < 1.29 is 17.9 Å². The molecule has 1 N–H and O–H groups in total. The van der Waals surface area contributed by atoms with E-state index in [0.717, 1.165) is 43.6 Å². The number of anilines is 2. The van der Waals surface area contributed by atoms with Crippen LogP contribution in [0.2, 0.25) is 0 Å². The van der Waals surface area contributed by atoms with E-state index < -0.39 is 11.6 Å². The molecule has 192 valence electrons. The summed E-state index contributed by atoms with van der Waals surface area (Å²) in [6.07, 6.45) is 1.40. The van der Waals surface area contributed by atoms with E-state index in [1.54, 1.807) is 6.07 Å². The lowest BCUT2D eigenvalue weighted by molar-refractivity contribution is 0.287. The van der Waals surface area contributed by atoms with Crippen molar-refractivity contribution in [3.05, 3.63) is 59.7 Å². The van der Waals surface area contributed by atoms with Crippen LogP contribution in [0, 0.1) is 11.6 Å². The van der Waals surface area contributed by atoms with E-state index in [-0.39, 0.29) is 23.9 Å². The number of piperazine rings is 1. The highest BCUT2D eigenvalue weighted by Crippen LogP contribution is 2.39. The second-order valence-corrected chi connectivity index (χ2v) is 9.62. The minimum absolute atomic E-state index is 0.0426. The van der Waals surface area contributed by atoms with Crippen molar-refractivity contribution in [1.82, 2.24) is 20.3 Å². The summed E-state index contributed by atoms with van der Waals surface area (Å²) >= 11 is 0. The number of pyridine rings is 1. The zero-order valence-electron chi connectivity index (χ0n) is 20.8. The molecule has 2 aliphatic rings. The number of nitrogens with zero attached hydrogens (tertiary/aromatic N) is 5. The largest absolute Gasteiger partial charge is 0.486 e. The van der Waals surface area contributed by atoms with E-state index >= 15 is 0 Å². The predicted octanol–water partition coefficient (Wildman–Crippen LogP) is 4.17. The molecule has 0 unspecified atom stereocenters. The van der Waals surface area contributed by atoms with Gasteiger partial charge in [0.1, 0.15) is 18.1 Å². The summed E-state index contributed by atoms with van der Waals surface area (Å²) in [6, 6.07) is 8.98. The summed E-state index contributed by atoms with van der Waals surface area (Å²) in [7, 11) is 0. The lowest BCUT2D eigenvalue weighted by Gasteiger charge is -2.34. The number of halogens is 2. The van der Waals surface area contributed by atoms with Crippen molar-refractivity contribution in [2.75, 3.05) is 49.1 Å². The van der Waals surface area contributed by atoms with Gasteiger partial charge in [0.05, 0.1) is 30.5 Å². The third kappa shape index (κ3) is 4.57. The van der Waals surface area contributed by atoms with Gasteiger partial charge in [0, 0.05) is 49.2 Å². The Hall–Kier alpha value is -3.79. The van der Waals surface area contributed by atoms with Crippen LogP contribution in [0.5, 0.6) is 5.75 Å². The lowest BCUT2D eigenvalue weighted by atomic mass is 10.1. The minimum Gasteiger partial charge on any atom is -0.486 e. The van der Waals surface area contributed by atoms with Gasteiger partial charge in [-0.05, 0) is 38.1 Å². The molecule has 3 aromatic heterocycles. The first-order chi connectivity index (χ1) is 18.0. The molecule has 5 heterocycles. The van der Waals surface area contributed by atoms with E-state index in [1.165, 1.54) is 6.07 Å². The molecule has 0 amide bonds. The summed E-state index contributed by atoms with van der Waals surface area (Å²) in [5, 5.41) is 4.25. The molecule has 1 fully saturated rings. The van der Waals surface area contributed by atoms with E-state index in [2.05, 4.69) is 25.2 Å². The zero-order valence-corrected chi connectivity index (χ0v) is 20.8. The van der Waals surface area contributed by atoms with Crippen LogP contribution < -0.4 is 19.9 Å². The molecule has 0 radical (unpaired) electrons. The fourth-order valence-corrected chi connectivity index (χ4v) is 4.91. The Morgan fingerprint density at radius 1 is 1.03 bits per heavy atom. The van der Waals surface area contributed by atoms with Gasteiger partial charge in [-0.3, -0.25) is 0 Å². The summed E-state index contributed by atoms with van der Waals surface area (Å²) in [4.78, 5) is 17.5. The van der Waals surface area contributed by atoms with E-state index in [9.17, 15) is 8.78 Å². The van der Waals surface area contributed by atoms with E-state index in [1.807, 2.05) is 36.9 Å². The first-order valence-electron chi connectivity index (χ1n) is 12.6. The van der Waals surface area contributed by atoms with E-state index in [0.29, 0.717) is 41.6 Å². The Morgan fingerprint density at radius 3 is 2.68 bits per heavy atom. The molecule has 0 aliphatic carbocycles. The third-order valence-corrected chi connectivity index (χ3v) is 6.80. The number of nitrogens with one attached hydrogen (secondary N) is 1. The number of rotatable bonds is 5. The second-order valence-electron chi connectivity index (χ2n) is 9.62. The van der Waals surface area contributed by atoms with Gasteiger partial charge in [-0.2, -0.15) is 0 Å². The minimum atomic E-state index is -0.619. The molecule has 1 saturated heterocycles. The average molecular weight is 507 g/mol. The number of furan rings is 1. The first kappa shape index (κ1) is 23.6. The fraction of sp³-hybridized carbons (Fsp3) is 0.370. The van der Waals surface area contributed by atoms with Crippen LogP contribution >= 0.6 is 0 Å². The number of benzene rings is 1. The van der Waals surface area contributed by atoms with Gasteiger partial charge >= 0.3 is 0 Å². The number of hydrogen-bond acceptors (Lipinski definition) is 8. The SMILES string of the molecule is CC(C)N1CCOc2c(F)cc(-c3nc(Cc4ccc5cc(N6CCNCC6)oc5n4)ncc3F)cc21. The quantitative estimate of drug-likeness (QED) is 0.432. The van der Waals surface area contributed by atoms with Crippen LogP contribution in [0.3, 0.4) is 0 Å². The van der Waals surface area contributed by atoms with Crippen molar-refractivity contribution in [2.24, 2.45) is 0 Å². The van der Waals surface area contributed by atoms with Gasteiger partial charge < -0.3 is 24.3 Å². The maximum Gasteiger partial charge on any atom is 0.228 e. The Bertz CT molecular complexity index is 1450.